The predicted molar refractivity (Wildman–Crippen MR) is 91.5 cm³/mol. The lowest BCUT2D eigenvalue weighted by Gasteiger charge is -2.16. The number of aromatic nitrogens is 2. The Bertz CT molecular complexity index is 776. The third kappa shape index (κ3) is 5.94. The third-order valence-electron chi connectivity index (χ3n) is 3.64. The van der Waals surface area contributed by atoms with Gasteiger partial charge in [-0.1, -0.05) is 17.3 Å². The van der Waals surface area contributed by atoms with E-state index in [0.717, 1.165) is 5.56 Å². The number of aliphatic hydroxyl groups excluding tert-OH is 1. The first-order valence-corrected chi connectivity index (χ1v) is 8.07. The van der Waals surface area contributed by atoms with Gasteiger partial charge >= 0.3 is 12.0 Å². The van der Waals surface area contributed by atoms with Crippen molar-refractivity contribution in [1.29, 1.82) is 0 Å². The van der Waals surface area contributed by atoms with Crippen LogP contribution in [0.5, 0.6) is 5.75 Å². The summed E-state index contributed by atoms with van der Waals surface area (Å²) in [6.45, 7) is 1.11. The average molecular weight is 379 g/mol. The Hall–Kier alpha value is -3.18. The topological polar surface area (TPSA) is 184 Å². The zero-order valence-corrected chi connectivity index (χ0v) is 14.5. The summed E-state index contributed by atoms with van der Waals surface area (Å²) in [6.07, 6.45) is -0.844. The fourth-order valence-electron chi connectivity index (χ4n) is 2.20. The number of aliphatic carboxylic acids is 1. The van der Waals surface area contributed by atoms with E-state index in [1.165, 1.54) is 6.92 Å². The van der Waals surface area contributed by atoms with Crippen LogP contribution in [-0.2, 0) is 17.8 Å². The summed E-state index contributed by atoms with van der Waals surface area (Å²) >= 11 is 0. The normalized spacial score (nSPS) is 14.2. The van der Waals surface area contributed by atoms with Crippen molar-refractivity contribution in [2.45, 2.75) is 38.1 Å². The smallest absolute Gasteiger partial charge is 0.328 e. The number of amides is 2. The number of carboxylic acids is 1. The summed E-state index contributed by atoms with van der Waals surface area (Å²) in [7, 11) is 0. The van der Waals surface area contributed by atoms with Crippen molar-refractivity contribution in [2.75, 3.05) is 0 Å². The van der Waals surface area contributed by atoms with Crippen LogP contribution in [0.25, 0.3) is 0 Å². The molecule has 0 saturated carbocycles. The Morgan fingerprint density at radius 3 is 2.56 bits per heavy atom. The Kier molecular flexibility index (Phi) is 6.68. The number of carboxylic acid groups (broad SMARTS) is 1. The molecular weight excluding hydrogens is 358 g/mol. The van der Waals surface area contributed by atoms with Gasteiger partial charge in [0.15, 0.2) is 11.9 Å². The van der Waals surface area contributed by atoms with Crippen molar-refractivity contribution >= 4 is 12.0 Å². The molecule has 3 atom stereocenters. The lowest BCUT2D eigenvalue weighted by atomic mass is 10.1. The van der Waals surface area contributed by atoms with Crippen molar-refractivity contribution in [3.63, 3.8) is 0 Å². The van der Waals surface area contributed by atoms with E-state index in [-0.39, 0.29) is 24.0 Å². The van der Waals surface area contributed by atoms with E-state index in [4.69, 9.17) is 15.4 Å². The van der Waals surface area contributed by atoms with Gasteiger partial charge in [-0.05, 0) is 31.0 Å². The highest BCUT2D eigenvalue weighted by Gasteiger charge is 2.25. The monoisotopic (exact) mass is 379 g/mol. The summed E-state index contributed by atoms with van der Waals surface area (Å²) in [5.41, 5.74) is 6.90. The number of nitrogens with two attached hydrogens (primary N) is 1. The maximum absolute atomic E-state index is 11.7. The number of carbonyl (C=O) groups excluding carboxylic acids is 1. The van der Waals surface area contributed by atoms with Crippen LogP contribution in [0, 0.1) is 0 Å². The first-order chi connectivity index (χ1) is 12.8. The molecule has 0 aliphatic heterocycles. The number of hydrogen-bond donors (Lipinski definition) is 6. The molecule has 1 aromatic carbocycles. The van der Waals surface area contributed by atoms with Gasteiger partial charge in [0, 0.05) is 0 Å². The van der Waals surface area contributed by atoms with E-state index in [2.05, 4.69) is 20.8 Å². The fourth-order valence-corrected chi connectivity index (χ4v) is 2.20. The average Bonchev–Trinajstić information content (AvgIpc) is 3.08. The van der Waals surface area contributed by atoms with Crippen LogP contribution in [0.1, 0.15) is 30.2 Å². The maximum Gasteiger partial charge on any atom is 0.328 e. The fraction of sp³-hybridized carbons (Fsp3) is 0.375. The van der Waals surface area contributed by atoms with Crippen molar-refractivity contribution < 1.29 is 29.4 Å². The lowest BCUT2D eigenvalue weighted by molar-refractivity contribution is -0.141. The zero-order valence-electron chi connectivity index (χ0n) is 14.5. The van der Waals surface area contributed by atoms with Crippen LogP contribution in [0.4, 0.5) is 4.79 Å². The minimum Gasteiger partial charge on any atom is -0.508 e. The SMILES string of the molecule is CC(O)C(NC(=O)NCc1nc(C(N)Cc2ccc(O)cc2)no1)C(=O)O. The van der Waals surface area contributed by atoms with Crippen LogP contribution in [0.15, 0.2) is 28.8 Å². The van der Waals surface area contributed by atoms with Gasteiger partial charge in [-0.2, -0.15) is 4.98 Å². The van der Waals surface area contributed by atoms with Crippen LogP contribution < -0.4 is 16.4 Å². The number of hydrogen-bond acceptors (Lipinski definition) is 8. The first-order valence-electron chi connectivity index (χ1n) is 8.07. The largest absolute Gasteiger partial charge is 0.508 e. The van der Waals surface area contributed by atoms with Crippen molar-refractivity contribution in [3.05, 3.63) is 41.5 Å². The Balaban J connectivity index is 1.87. The number of benzene rings is 1. The second kappa shape index (κ2) is 8.96. The van der Waals surface area contributed by atoms with Crippen molar-refractivity contribution in [3.8, 4) is 5.75 Å². The minimum atomic E-state index is -1.44. The van der Waals surface area contributed by atoms with Gasteiger partial charge in [-0.15, -0.1) is 0 Å². The molecule has 11 heteroatoms. The van der Waals surface area contributed by atoms with Gasteiger partial charge < -0.3 is 36.2 Å². The number of aliphatic hydroxyl groups is 1. The highest BCUT2D eigenvalue weighted by Crippen LogP contribution is 2.16. The molecule has 7 N–H and O–H groups in total. The molecule has 27 heavy (non-hydrogen) atoms. The van der Waals surface area contributed by atoms with Gasteiger partial charge in [0.1, 0.15) is 5.75 Å². The molecule has 0 spiro atoms. The van der Waals surface area contributed by atoms with E-state index < -0.39 is 30.2 Å². The van der Waals surface area contributed by atoms with E-state index in [1.54, 1.807) is 24.3 Å². The second-order valence-electron chi connectivity index (χ2n) is 5.91. The second-order valence-corrected chi connectivity index (χ2v) is 5.91. The highest BCUT2D eigenvalue weighted by molar-refractivity contribution is 5.82. The van der Waals surface area contributed by atoms with E-state index in [1.807, 2.05) is 0 Å². The molecule has 11 nitrogen and oxygen atoms in total. The van der Waals surface area contributed by atoms with E-state index >= 15 is 0 Å². The van der Waals surface area contributed by atoms with Gasteiger partial charge in [-0.3, -0.25) is 0 Å². The quantitative estimate of drug-likeness (QED) is 0.357. The Labute approximate surface area is 154 Å². The molecule has 0 saturated heterocycles. The maximum atomic E-state index is 11.7. The summed E-state index contributed by atoms with van der Waals surface area (Å²) in [5, 5.41) is 35.7. The van der Waals surface area contributed by atoms with Gasteiger partial charge in [0.2, 0.25) is 5.89 Å². The van der Waals surface area contributed by atoms with Crippen LogP contribution in [0.3, 0.4) is 0 Å². The molecule has 2 amide bonds. The molecule has 2 rings (SSSR count). The number of nitrogens with zero attached hydrogens (tertiary/aromatic N) is 2. The molecule has 0 bridgehead atoms. The standard InChI is InChI=1S/C16H21N5O6/c1-8(22)13(15(24)25)20-16(26)18-7-12-19-14(21-27-12)11(17)6-9-2-4-10(23)5-3-9/h2-5,8,11,13,22-23H,6-7,17H2,1H3,(H,24,25)(H2,18,20,26). The lowest BCUT2D eigenvalue weighted by Crippen LogP contribution is -2.51. The zero-order chi connectivity index (χ0) is 20.0. The van der Waals surface area contributed by atoms with Crippen molar-refractivity contribution in [2.24, 2.45) is 5.73 Å². The number of urea groups is 1. The first kappa shape index (κ1) is 20.1. The summed E-state index contributed by atoms with van der Waals surface area (Å²) in [5.74, 6) is -0.877. The molecule has 1 aromatic heterocycles. The summed E-state index contributed by atoms with van der Waals surface area (Å²) < 4.78 is 5.00. The molecule has 3 unspecified atom stereocenters. The predicted octanol–water partition coefficient (Wildman–Crippen LogP) is -0.349. The number of nitrogens with one attached hydrogen (secondary N) is 2. The van der Waals surface area contributed by atoms with E-state index in [0.29, 0.717) is 6.42 Å². The molecule has 146 valence electrons. The van der Waals surface area contributed by atoms with Crippen molar-refractivity contribution in [1.82, 2.24) is 20.8 Å². The van der Waals surface area contributed by atoms with E-state index in [9.17, 15) is 19.8 Å². The van der Waals surface area contributed by atoms with Crippen LogP contribution >= 0.6 is 0 Å². The Morgan fingerprint density at radius 2 is 1.96 bits per heavy atom. The van der Waals surface area contributed by atoms with Gasteiger partial charge in [0.05, 0.1) is 18.7 Å². The number of carbonyl (C=O) groups is 2. The highest BCUT2D eigenvalue weighted by atomic mass is 16.5. The number of aromatic hydroxyl groups is 1. The molecule has 0 aliphatic rings. The number of rotatable bonds is 8. The molecule has 0 fully saturated rings. The molecular formula is C16H21N5O6. The molecule has 1 heterocycles. The number of phenolic OH excluding ortho intramolecular Hbond substituents is 1. The molecule has 0 aliphatic carbocycles. The molecule has 0 radical (unpaired) electrons. The Morgan fingerprint density at radius 1 is 1.30 bits per heavy atom. The summed E-state index contributed by atoms with van der Waals surface area (Å²) in [6, 6.07) is 3.74. The van der Waals surface area contributed by atoms with Gasteiger partial charge in [-0.25, -0.2) is 9.59 Å². The van der Waals surface area contributed by atoms with Crippen LogP contribution in [-0.4, -0.2) is 49.6 Å². The van der Waals surface area contributed by atoms with Crippen LogP contribution in [0.2, 0.25) is 0 Å². The third-order valence-corrected chi connectivity index (χ3v) is 3.64. The molecule has 2 aromatic rings. The number of phenols is 1. The summed E-state index contributed by atoms with van der Waals surface area (Å²) in [4.78, 5) is 26.7. The minimum absolute atomic E-state index is 0.0882. The van der Waals surface area contributed by atoms with Gasteiger partial charge in [0.25, 0.3) is 0 Å².